The summed E-state index contributed by atoms with van der Waals surface area (Å²) in [7, 11) is 1.66. The van der Waals surface area contributed by atoms with Gasteiger partial charge in [0.25, 0.3) is 5.91 Å². The van der Waals surface area contributed by atoms with E-state index in [2.05, 4.69) is 25.5 Å². The number of rotatable bonds is 11. The molecule has 4 heterocycles. The van der Waals surface area contributed by atoms with Crippen LogP contribution in [0.25, 0.3) is 22.4 Å². The van der Waals surface area contributed by atoms with Crippen molar-refractivity contribution in [3.63, 3.8) is 0 Å². The van der Waals surface area contributed by atoms with Crippen LogP contribution in [0.3, 0.4) is 0 Å². The lowest BCUT2D eigenvalue weighted by Gasteiger charge is -2.60. The number of likely N-dealkylation sites (tertiary alicyclic amines) is 2. The molecule has 0 radical (unpaired) electrons. The molecule has 1 spiro atoms. The van der Waals surface area contributed by atoms with Gasteiger partial charge in [-0.25, -0.2) is 0 Å². The Morgan fingerprint density at radius 1 is 1.00 bits per heavy atom. The van der Waals surface area contributed by atoms with Gasteiger partial charge < -0.3 is 25.4 Å². The van der Waals surface area contributed by atoms with Crippen molar-refractivity contribution in [3.8, 4) is 28.1 Å². The van der Waals surface area contributed by atoms with Gasteiger partial charge in [0.2, 0.25) is 5.91 Å². The topological polar surface area (TPSA) is 120 Å². The van der Waals surface area contributed by atoms with Gasteiger partial charge in [0, 0.05) is 92.8 Å². The van der Waals surface area contributed by atoms with Crippen LogP contribution >= 0.6 is 23.2 Å². The summed E-state index contributed by atoms with van der Waals surface area (Å²) in [5.74, 6) is 0.493. The summed E-state index contributed by atoms with van der Waals surface area (Å²) in [5.41, 5.74) is 5.57. The van der Waals surface area contributed by atoms with E-state index in [9.17, 15) is 9.59 Å². The molecule has 12 heteroatoms. The van der Waals surface area contributed by atoms with Crippen LogP contribution in [-0.2, 0) is 17.9 Å². The maximum absolute atomic E-state index is 13.0. The van der Waals surface area contributed by atoms with Gasteiger partial charge in [-0.15, -0.1) is 0 Å². The Kier molecular flexibility index (Phi) is 9.77. The fraction of sp³-hybridized carbons (Fsp3) is 0.314. The van der Waals surface area contributed by atoms with E-state index in [1.807, 2.05) is 35.2 Å². The Labute approximate surface area is 283 Å². The van der Waals surface area contributed by atoms with Crippen LogP contribution in [0.2, 0.25) is 10.0 Å². The number of amides is 2. The summed E-state index contributed by atoms with van der Waals surface area (Å²) < 4.78 is 5.78. The molecule has 0 aliphatic carbocycles. The van der Waals surface area contributed by atoms with Gasteiger partial charge in [0.05, 0.1) is 35.1 Å². The smallest absolute Gasteiger partial charge is 0.274 e. The molecule has 0 atom stereocenters. The maximum Gasteiger partial charge on any atom is 0.274 e. The first-order valence-corrected chi connectivity index (χ1v) is 16.1. The van der Waals surface area contributed by atoms with E-state index in [0.29, 0.717) is 45.6 Å². The summed E-state index contributed by atoms with van der Waals surface area (Å²) in [6.07, 6.45) is 3.30. The molecular weight excluding hydrogens is 639 g/mol. The van der Waals surface area contributed by atoms with E-state index in [-0.39, 0.29) is 23.6 Å². The number of aromatic nitrogens is 2. The molecular formula is C35H36Cl2N6O4. The van der Waals surface area contributed by atoms with Crippen molar-refractivity contribution in [1.82, 2.24) is 25.1 Å². The van der Waals surface area contributed by atoms with E-state index < -0.39 is 5.91 Å². The van der Waals surface area contributed by atoms with Crippen LogP contribution in [0.1, 0.15) is 28.5 Å². The molecule has 10 nitrogen and oxygen atoms in total. The number of carbonyl (C=O) groups is 2. The molecule has 2 fully saturated rings. The molecule has 2 saturated heterocycles. The van der Waals surface area contributed by atoms with Crippen LogP contribution < -0.4 is 15.4 Å². The van der Waals surface area contributed by atoms with Gasteiger partial charge in [-0.3, -0.25) is 24.5 Å². The number of halogens is 2. The third kappa shape index (κ3) is 6.97. The highest BCUT2D eigenvalue weighted by Crippen LogP contribution is 2.43. The molecule has 2 aliphatic rings. The zero-order valence-electron chi connectivity index (χ0n) is 26.2. The number of anilines is 1. The normalized spacial score (nSPS) is 15.2. The van der Waals surface area contributed by atoms with E-state index in [0.717, 1.165) is 55.2 Å². The number of nitrogens with one attached hydrogen (secondary N) is 2. The predicted octanol–water partition coefficient (Wildman–Crippen LogP) is 5.12. The highest BCUT2D eigenvalue weighted by Gasteiger charge is 2.52. The summed E-state index contributed by atoms with van der Waals surface area (Å²) in [6.45, 7) is 7.04. The number of nitrogens with zero attached hydrogens (tertiary/aromatic N) is 4. The zero-order valence-corrected chi connectivity index (χ0v) is 27.7. The Morgan fingerprint density at radius 2 is 1.79 bits per heavy atom. The highest BCUT2D eigenvalue weighted by atomic mass is 35.5. The van der Waals surface area contributed by atoms with E-state index >= 15 is 0 Å². The Balaban J connectivity index is 1.16. The minimum atomic E-state index is -0.397. The zero-order chi connectivity index (χ0) is 33.1. The van der Waals surface area contributed by atoms with Crippen molar-refractivity contribution in [2.75, 3.05) is 51.8 Å². The molecule has 47 heavy (non-hydrogen) atoms. The van der Waals surface area contributed by atoms with Gasteiger partial charge in [-0.1, -0.05) is 53.5 Å². The highest BCUT2D eigenvalue weighted by molar-refractivity contribution is 6.39. The van der Waals surface area contributed by atoms with Crippen LogP contribution in [0, 0.1) is 5.41 Å². The molecule has 2 aromatic heterocycles. The van der Waals surface area contributed by atoms with Crippen LogP contribution in [0.4, 0.5) is 5.69 Å². The first-order chi connectivity index (χ1) is 22.7. The van der Waals surface area contributed by atoms with Gasteiger partial charge in [0.1, 0.15) is 11.4 Å². The third-order valence-electron chi connectivity index (χ3n) is 8.67. The molecule has 2 aliphatic heterocycles. The standard InChI is InChI=1S/C35H36Cl2N6O4/c1-22(45)43-20-35(21-43)18-42(19-35)17-25-8-7-24(14-30(25)47-2)33-32(37)27(10-11-39-33)26-4-3-5-28(31(26)36)41-34(46)29-9-6-23(16-40-29)15-38-12-13-44/h3-11,14,16,38,44H,12-13,15,17-21H2,1-2H3,(H,41,46). The lowest BCUT2D eigenvalue weighted by Crippen LogP contribution is -2.72. The average molecular weight is 676 g/mol. The number of carbonyl (C=O) groups excluding carboxylic acids is 2. The van der Waals surface area contributed by atoms with Crippen molar-refractivity contribution in [1.29, 1.82) is 0 Å². The number of aliphatic hydroxyl groups is 1. The molecule has 4 aromatic rings. The first-order valence-electron chi connectivity index (χ1n) is 15.4. The third-order valence-corrected chi connectivity index (χ3v) is 9.46. The molecule has 244 valence electrons. The lowest BCUT2D eigenvalue weighted by molar-refractivity contribution is -0.157. The Morgan fingerprint density at radius 3 is 2.49 bits per heavy atom. The summed E-state index contributed by atoms with van der Waals surface area (Å²) in [6, 6.07) is 16.6. The van der Waals surface area contributed by atoms with Crippen LogP contribution in [0.15, 0.2) is 67.0 Å². The number of methoxy groups -OCH3 is 1. The average Bonchev–Trinajstić information content (AvgIpc) is 3.03. The molecule has 2 amide bonds. The summed E-state index contributed by atoms with van der Waals surface area (Å²) in [5, 5.41) is 15.6. The minimum Gasteiger partial charge on any atom is -0.496 e. The van der Waals surface area contributed by atoms with Crippen molar-refractivity contribution >= 4 is 40.7 Å². The molecule has 2 aromatic carbocycles. The van der Waals surface area contributed by atoms with E-state index in [1.54, 1.807) is 50.7 Å². The first kappa shape index (κ1) is 32.9. The molecule has 3 N–H and O–H groups in total. The van der Waals surface area contributed by atoms with Gasteiger partial charge in [-0.2, -0.15) is 0 Å². The summed E-state index contributed by atoms with van der Waals surface area (Å²) >= 11 is 13.8. The van der Waals surface area contributed by atoms with Gasteiger partial charge in [0.15, 0.2) is 0 Å². The van der Waals surface area contributed by atoms with Gasteiger partial charge >= 0.3 is 0 Å². The monoisotopic (exact) mass is 674 g/mol. The van der Waals surface area contributed by atoms with Crippen LogP contribution in [-0.4, -0.2) is 83.1 Å². The summed E-state index contributed by atoms with van der Waals surface area (Å²) in [4.78, 5) is 37.7. The maximum atomic E-state index is 13.0. The molecule has 0 bridgehead atoms. The second-order valence-corrected chi connectivity index (χ2v) is 12.9. The van der Waals surface area contributed by atoms with Crippen molar-refractivity contribution < 1.29 is 19.4 Å². The fourth-order valence-corrected chi connectivity index (χ4v) is 6.91. The van der Waals surface area contributed by atoms with E-state index in [1.165, 1.54) is 0 Å². The number of pyridine rings is 2. The van der Waals surface area contributed by atoms with Gasteiger partial charge in [-0.05, 0) is 29.8 Å². The minimum absolute atomic E-state index is 0.0479. The Hall–Kier alpha value is -4.06. The molecule has 0 saturated carbocycles. The fourth-order valence-electron chi connectivity index (χ4n) is 6.31. The van der Waals surface area contributed by atoms with E-state index in [4.69, 9.17) is 33.0 Å². The SMILES string of the molecule is COc1cc(-c2nccc(-c3cccc(NC(=O)c4ccc(CNCCO)cn4)c3Cl)c2Cl)ccc1CN1CC2(C1)CN(C(C)=O)C2. The number of benzene rings is 2. The second-order valence-electron chi connectivity index (χ2n) is 12.1. The quantitative estimate of drug-likeness (QED) is 0.188. The molecule has 6 rings (SSSR count). The largest absolute Gasteiger partial charge is 0.496 e. The number of ether oxygens (including phenoxy) is 1. The van der Waals surface area contributed by atoms with Crippen molar-refractivity contribution in [3.05, 3.63) is 93.9 Å². The number of aliphatic hydroxyl groups excluding tert-OH is 1. The van der Waals surface area contributed by atoms with Crippen molar-refractivity contribution in [2.45, 2.75) is 20.0 Å². The number of hydrogen-bond donors (Lipinski definition) is 3. The van der Waals surface area contributed by atoms with Crippen LogP contribution in [0.5, 0.6) is 5.75 Å². The second kappa shape index (κ2) is 14.0. The lowest BCUT2D eigenvalue weighted by atomic mass is 9.72. The number of hydrogen-bond acceptors (Lipinski definition) is 8. The van der Waals surface area contributed by atoms with Crippen molar-refractivity contribution in [2.24, 2.45) is 5.41 Å². The predicted molar refractivity (Wildman–Crippen MR) is 183 cm³/mol. The molecule has 0 unspecified atom stereocenters. The Bertz CT molecular complexity index is 1790.